The van der Waals surface area contributed by atoms with Crippen molar-refractivity contribution in [3.05, 3.63) is 30.1 Å². The summed E-state index contributed by atoms with van der Waals surface area (Å²) < 4.78 is 12.8. The molecule has 1 aromatic heterocycles. The van der Waals surface area contributed by atoms with Gasteiger partial charge in [-0.05, 0) is 44.0 Å². The molecule has 3 rings (SSSR count). The highest BCUT2D eigenvalue weighted by atomic mass is 32.2. The first kappa shape index (κ1) is 21.5. The van der Waals surface area contributed by atoms with Gasteiger partial charge < -0.3 is 18.9 Å². The number of aromatic nitrogens is 3. The average molecular weight is 419 g/mol. The predicted octanol–water partition coefficient (Wildman–Crippen LogP) is 3.67. The van der Waals surface area contributed by atoms with Crippen molar-refractivity contribution in [2.75, 3.05) is 14.2 Å². The zero-order valence-electron chi connectivity index (χ0n) is 17.6. The Morgan fingerprint density at radius 2 is 1.86 bits per heavy atom. The van der Waals surface area contributed by atoms with Crippen LogP contribution >= 0.6 is 11.8 Å². The third-order valence-corrected chi connectivity index (χ3v) is 6.57. The van der Waals surface area contributed by atoms with Crippen LogP contribution in [0.3, 0.4) is 0 Å². The summed E-state index contributed by atoms with van der Waals surface area (Å²) in [7, 11) is 5.46. The number of methoxy groups -OCH3 is 1. The molecular formula is C21H30N4O3S. The zero-order chi connectivity index (χ0) is 20.8. The van der Waals surface area contributed by atoms with Crippen LogP contribution < -0.4 is 9.47 Å². The molecule has 0 saturated heterocycles. The molecule has 1 fully saturated rings. The van der Waals surface area contributed by atoms with E-state index in [2.05, 4.69) is 10.2 Å². The van der Waals surface area contributed by atoms with Crippen molar-refractivity contribution < 1.29 is 14.3 Å². The Morgan fingerprint density at radius 3 is 2.52 bits per heavy atom. The van der Waals surface area contributed by atoms with Gasteiger partial charge in [-0.2, -0.15) is 0 Å². The Bertz CT molecular complexity index is 803. The summed E-state index contributed by atoms with van der Waals surface area (Å²) >= 11 is 1.44. The van der Waals surface area contributed by atoms with Gasteiger partial charge in [-0.25, -0.2) is 0 Å². The minimum atomic E-state index is -0.208. The molecule has 1 saturated carbocycles. The lowest BCUT2D eigenvalue weighted by molar-refractivity contribution is -0.131. The third-order valence-electron chi connectivity index (χ3n) is 5.45. The number of carbonyl (C=O) groups is 1. The standard InChI is InChI=1S/C21H30N4O3S/c1-15(20(26)24(2)16-8-6-5-7-9-16)29-21-23-22-19(25(21)3)14-28-18-12-10-17(27-4)11-13-18/h10-13,15-16H,5-9,14H2,1-4H3/t15-/m0/s1. The normalized spacial score (nSPS) is 15.7. The van der Waals surface area contributed by atoms with Crippen LogP contribution in [0.1, 0.15) is 44.9 Å². The van der Waals surface area contributed by atoms with E-state index < -0.39 is 0 Å². The lowest BCUT2D eigenvalue weighted by Crippen LogP contribution is -2.42. The number of carbonyl (C=O) groups excluding carboxylic acids is 1. The quantitative estimate of drug-likeness (QED) is 0.609. The molecule has 1 heterocycles. The topological polar surface area (TPSA) is 69.5 Å². The van der Waals surface area contributed by atoms with Crippen LogP contribution in [-0.2, 0) is 18.4 Å². The first-order chi connectivity index (χ1) is 14.0. The van der Waals surface area contributed by atoms with Crippen LogP contribution in [0.5, 0.6) is 11.5 Å². The first-order valence-electron chi connectivity index (χ1n) is 10.1. The highest BCUT2D eigenvalue weighted by Gasteiger charge is 2.27. The molecule has 1 aliphatic carbocycles. The molecule has 1 amide bonds. The number of ether oxygens (including phenoxy) is 2. The number of thioether (sulfide) groups is 1. The molecule has 0 radical (unpaired) electrons. The fourth-order valence-corrected chi connectivity index (χ4v) is 4.47. The fourth-order valence-electron chi connectivity index (χ4n) is 3.54. The number of nitrogens with zero attached hydrogens (tertiary/aromatic N) is 4. The second kappa shape index (κ2) is 10.0. The van der Waals surface area contributed by atoms with Crippen LogP contribution in [0.4, 0.5) is 0 Å². The third kappa shape index (κ3) is 5.44. The summed E-state index contributed by atoms with van der Waals surface area (Å²) in [5.41, 5.74) is 0. The van der Waals surface area contributed by atoms with Crippen molar-refractivity contribution >= 4 is 17.7 Å². The molecule has 1 atom stereocenters. The van der Waals surface area contributed by atoms with Gasteiger partial charge in [0.05, 0.1) is 12.4 Å². The van der Waals surface area contributed by atoms with Gasteiger partial charge in [-0.15, -0.1) is 10.2 Å². The van der Waals surface area contributed by atoms with Gasteiger partial charge >= 0.3 is 0 Å². The Balaban J connectivity index is 1.55. The van der Waals surface area contributed by atoms with Crippen molar-refractivity contribution in [3.63, 3.8) is 0 Å². The summed E-state index contributed by atoms with van der Waals surface area (Å²) in [6, 6.07) is 7.78. The van der Waals surface area contributed by atoms with E-state index >= 15 is 0 Å². The van der Waals surface area contributed by atoms with Gasteiger partial charge in [0.15, 0.2) is 11.0 Å². The number of rotatable bonds is 8. The minimum absolute atomic E-state index is 0.154. The summed E-state index contributed by atoms with van der Waals surface area (Å²) in [5, 5.41) is 8.99. The lowest BCUT2D eigenvalue weighted by atomic mass is 9.94. The lowest BCUT2D eigenvalue weighted by Gasteiger charge is -2.32. The number of benzene rings is 1. The van der Waals surface area contributed by atoms with Gasteiger partial charge in [-0.1, -0.05) is 31.0 Å². The Kier molecular flexibility index (Phi) is 7.41. The average Bonchev–Trinajstić information content (AvgIpc) is 3.11. The minimum Gasteiger partial charge on any atom is -0.497 e. The fraction of sp³-hybridized carbons (Fsp3) is 0.571. The molecule has 0 spiro atoms. The molecule has 1 aliphatic rings. The number of hydrogen-bond donors (Lipinski definition) is 0. The second-order valence-electron chi connectivity index (χ2n) is 7.42. The monoisotopic (exact) mass is 418 g/mol. The summed E-state index contributed by atoms with van der Waals surface area (Å²) in [5.74, 6) is 2.39. The molecule has 8 heteroatoms. The van der Waals surface area contributed by atoms with Crippen molar-refractivity contribution in [1.82, 2.24) is 19.7 Å². The summed E-state index contributed by atoms with van der Waals surface area (Å²) in [6.07, 6.45) is 5.92. The molecule has 2 aromatic rings. The van der Waals surface area contributed by atoms with Crippen molar-refractivity contribution in [1.29, 1.82) is 0 Å². The van der Waals surface area contributed by atoms with Crippen LogP contribution in [0, 0.1) is 0 Å². The SMILES string of the molecule is COc1ccc(OCc2nnc(S[C@@H](C)C(=O)N(C)C3CCCCC3)n2C)cc1. The molecule has 0 bridgehead atoms. The second-order valence-corrected chi connectivity index (χ2v) is 8.73. The summed E-state index contributed by atoms with van der Waals surface area (Å²) in [6.45, 7) is 2.25. The van der Waals surface area contributed by atoms with Gasteiger partial charge in [-0.3, -0.25) is 4.79 Å². The smallest absolute Gasteiger partial charge is 0.235 e. The van der Waals surface area contributed by atoms with E-state index in [1.54, 1.807) is 7.11 Å². The van der Waals surface area contributed by atoms with Crippen LogP contribution in [0.15, 0.2) is 29.4 Å². The maximum absolute atomic E-state index is 12.8. The van der Waals surface area contributed by atoms with Crippen LogP contribution in [0.25, 0.3) is 0 Å². The molecular weight excluding hydrogens is 388 g/mol. The Morgan fingerprint density at radius 1 is 1.21 bits per heavy atom. The highest BCUT2D eigenvalue weighted by Crippen LogP contribution is 2.27. The van der Waals surface area contributed by atoms with E-state index in [1.807, 2.05) is 54.8 Å². The van der Waals surface area contributed by atoms with Gasteiger partial charge in [0, 0.05) is 20.1 Å². The molecule has 0 N–H and O–H groups in total. The molecule has 29 heavy (non-hydrogen) atoms. The van der Waals surface area contributed by atoms with E-state index in [0.717, 1.165) is 29.5 Å². The molecule has 0 aliphatic heterocycles. The van der Waals surface area contributed by atoms with Crippen molar-refractivity contribution in [2.24, 2.45) is 7.05 Å². The Hall–Kier alpha value is -2.22. The maximum atomic E-state index is 12.8. The van der Waals surface area contributed by atoms with Crippen LogP contribution in [-0.4, -0.2) is 51.0 Å². The van der Waals surface area contributed by atoms with E-state index in [4.69, 9.17) is 9.47 Å². The van der Waals surface area contributed by atoms with E-state index in [9.17, 15) is 4.79 Å². The zero-order valence-corrected chi connectivity index (χ0v) is 18.4. The summed E-state index contributed by atoms with van der Waals surface area (Å²) in [4.78, 5) is 14.8. The Labute approximate surface area is 176 Å². The molecule has 7 nitrogen and oxygen atoms in total. The number of amides is 1. The van der Waals surface area contributed by atoms with E-state index in [0.29, 0.717) is 18.5 Å². The molecule has 158 valence electrons. The molecule has 1 aromatic carbocycles. The van der Waals surface area contributed by atoms with E-state index in [-0.39, 0.29) is 11.2 Å². The van der Waals surface area contributed by atoms with Crippen molar-refractivity contribution in [3.8, 4) is 11.5 Å². The van der Waals surface area contributed by atoms with Gasteiger partial charge in [0.2, 0.25) is 5.91 Å². The number of hydrogen-bond acceptors (Lipinski definition) is 6. The van der Waals surface area contributed by atoms with Gasteiger partial charge in [0.1, 0.15) is 18.1 Å². The maximum Gasteiger partial charge on any atom is 0.235 e. The largest absolute Gasteiger partial charge is 0.497 e. The molecule has 0 unspecified atom stereocenters. The highest BCUT2D eigenvalue weighted by molar-refractivity contribution is 8.00. The van der Waals surface area contributed by atoms with Gasteiger partial charge in [0.25, 0.3) is 0 Å². The van der Waals surface area contributed by atoms with Crippen molar-refractivity contribution in [2.45, 2.75) is 62.1 Å². The predicted molar refractivity (Wildman–Crippen MR) is 113 cm³/mol. The van der Waals surface area contributed by atoms with E-state index in [1.165, 1.54) is 31.0 Å². The first-order valence-corrected chi connectivity index (χ1v) is 11.0. The van der Waals surface area contributed by atoms with Crippen LogP contribution in [0.2, 0.25) is 0 Å².